The summed E-state index contributed by atoms with van der Waals surface area (Å²) in [7, 11) is -7.75. The van der Waals surface area contributed by atoms with Crippen molar-refractivity contribution in [3.63, 3.8) is 0 Å². The van der Waals surface area contributed by atoms with Crippen LogP contribution in [0.5, 0.6) is 0 Å². The van der Waals surface area contributed by atoms with Crippen LogP contribution >= 0.6 is 0 Å². The third-order valence-electron chi connectivity index (χ3n) is 5.47. The molecule has 0 unspecified atom stereocenters. The van der Waals surface area contributed by atoms with Crippen molar-refractivity contribution in [1.29, 1.82) is 0 Å². The Kier molecular flexibility index (Phi) is 5.68. The zero-order chi connectivity index (χ0) is 23.1. The number of nitrogens with zero attached hydrogens (tertiary/aromatic N) is 2. The minimum absolute atomic E-state index is 0.0404. The van der Waals surface area contributed by atoms with Crippen LogP contribution in [0.1, 0.15) is 13.8 Å². The number of ether oxygens (including phenoxy) is 1. The van der Waals surface area contributed by atoms with Gasteiger partial charge in [-0.1, -0.05) is 12.1 Å². The summed E-state index contributed by atoms with van der Waals surface area (Å²) in [6.07, 6.45) is 0. The average Bonchev–Trinajstić information content (AvgIpc) is 2.91. The molecule has 0 radical (unpaired) electrons. The number of para-hydroxylation sites is 2. The number of benzene rings is 2. The van der Waals surface area contributed by atoms with Crippen LogP contribution in [0.4, 0.5) is 17.1 Å². The molecule has 11 heteroatoms. The fourth-order valence-corrected chi connectivity index (χ4v) is 7.05. The number of carbonyl (C=O) groups is 1. The van der Waals surface area contributed by atoms with Crippen LogP contribution in [0.25, 0.3) is 0 Å². The minimum Gasteiger partial charge on any atom is -0.378 e. The molecule has 4 rings (SSSR count). The van der Waals surface area contributed by atoms with Gasteiger partial charge in [0.25, 0.3) is 10.0 Å². The van der Waals surface area contributed by atoms with Crippen molar-refractivity contribution in [3.8, 4) is 0 Å². The molecular formula is C21H25N3O6S2. The van der Waals surface area contributed by atoms with E-state index >= 15 is 0 Å². The van der Waals surface area contributed by atoms with Crippen molar-refractivity contribution in [2.75, 3.05) is 46.0 Å². The van der Waals surface area contributed by atoms with E-state index in [0.29, 0.717) is 32.0 Å². The number of hydrogen-bond acceptors (Lipinski definition) is 7. The van der Waals surface area contributed by atoms with E-state index in [-0.39, 0.29) is 16.3 Å². The maximum Gasteiger partial charge on any atom is 0.261 e. The van der Waals surface area contributed by atoms with E-state index in [1.807, 2.05) is 12.1 Å². The average molecular weight is 480 g/mol. The first-order chi connectivity index (χ1) is 15.0. The van der Waals surface area contributed by atoms with Gasteiger partial charge in [-0.15, -0.1) is 0 Å². The third-order valence-corrected chi connectivity index (χ3v) is 8.87. The molecule has 0 aromatic heterocycles. The summed E-state index contributed by atoms with van der Waals surface area (Å²) in [5, 5.41) is 0. The maximum atomic E-state index is 13.0. The largest absolute Gasteiger partial charge is 0.378 e. The fourth-order valence-electron chi connectivity index (χ4n) is 3.87. The molecule has 0 bridgehead atoms. The number of amides is 1. The van der Waals surface area contributed by atoms with E-state index in [9.17, 15) is 21.6 Å². The van der Waals surface area contributed by atoms with Crippen molar-refractivity contribution in [1.82, 2.24) is 0 Å². The topological polar surface area (TPSA) is 113 Å². The van der Waals surface area contributed by atoms with Gasteiger partial charge < -0.3 is 9.64 Å². The number of anilines is 3. The van der Waals surface area contributed by atoms with Gasteiger partial charge in [0.05, 0.1) is 46.3 Å². The molecule has 2 saturated heterocycles. The number of rotatable bonds is 5. The standard InChI is InChI=1S/C21H25N3O6S2/c1-21(2)15-31(26,27)24(20(21)25)16-7-9-17(10-8-16)32(28,29)22-18-5-3-4-6-19(18)23-11-13-30-14-12-23/h3-10,22H,11-15H2,1-2H3. The number of nitrogens with one attached hydrogen (secondary N) is 1. The Morgan fingerprint density at radius 2 is 1.62 bits per heavy atom. The van der Waals surface area contributed by atoms with Crippen LogP contribution in [-0.4, -0.2) is 54.8 Å². The van der Waals surface area contributed by atoms with Crippen LogP contribution in [0.3, 0.4) is 0 Å². The lowest BCUT2D eigenvalue weighted by Crippen LogP contribution is -2.36. The molecule has 2 fully saturated rings. The molecule has 2 aromatic rings. The lowest BCUT2D eigenvalue weighted by atomic mass is 9.95. The summed E-state index contributed by atoms with van der Waals surface area (Å²) in [6.45, 7) is 5.59. The van der Waals surface area contributed by atoms with Crippen molar-refractivity contribution >= 4 is 43.0 Å². The molecule has 0 spiro atoms. The molecule has 0 saturated carbocycles. The van der Waals surface area contributed by atoms with E-state index in [4.69, 9.17) is 4.74 Å². The van der Waals surface area contributed by atoms with Crippen LogP contribution in [-0.2, 0) is 29.6 Å². The van der Waals surface area contributed by atoms with E-state index in [2.05, 4.69) is 9.62 Å². The normalized spacial score (nSPS) is 20.4. The highest BCUT2D eigenvalue weighted by Gasteiger charge is 2.49. The Balaban J connectivity index is 1.60. The Hall–Kier alpha value is -2.63. The van der Waals surface area contributed by atoms with Crippen molar-refractivity contribution in [2.24, 2.45) is 5.41 Å². The van der Waals surface area contributed by atoms with Gasteiger partial charge in [0.15, 0.2) is 0 Å². The molecule has 1 amide bonds. The van der Waals surface area contributed by atoms with Gasteiger partial charge in [-0.25, -0.2) is 21.1 Å². The highest BCUT2D eigenvalue weighted by molar-refractivity contribution is 7.94. The maximum absolute atomic E-state index is 13.0. The quantitative estimate of drug-likeness (QED) is 0.698. The van der Waals surface area contributed by atoms with Crippen LogP contribution in [0.2, 0.25) is 0 Å². The van der Waals surface area contributed by atoms with Gasteiger partial charge in [-0.05, 0) is 50.2 Å². The van der Waals surface area contributed by atoms with Gasteiger partial charge in [-0.2, -0.15) is 0 Å². The van der Waals surface area contributed by atoms with Crippen molar-refractivity contribution in [3.05, 3.63) is 48.5 Å². The van der Waals surface area contributed by atoms with Gasteiger partial charge in [-0.3, -0.25) is 9.52 Å². The third kappa shape index (κ3) is 4.19. The first-order valence-corrected chi connectivity index (χ1v) is 13.2. The van der Waals surface area contributed by atoms with E-state index in [0.717, 1.165) is 9.99 Å². The second-order valence-corrected chi connectivity index (χ2v) is 11.9. The summed E-state index contributed by atoms with van der Waals surface area (Å²) in [4.78, 5) is 14.6. The molecule has 172 valence electrons. The molecule has 1 N–H and O–H groups in total. The van der Waals surface area contributed by atoms with Gasteiger partial charge in [0.2, 0.25) is 15.9 Å². The zero-order valence-corrected chi connectivity index (χ0v) is 19.4. The fraction of sp³-hybridized carbons (Fsp3) is 0.381. The highest BCUT2D eigenvalue weighted by atomic mass is 32.2. The minimum atomic E-state index is -3.94. The number of carbonyl (C=O) groups excluding carboxylic acids is 1. The van der Waals surface area contributed by atoms with E-state index in [1.165, 1.54) is 24.3 Å². The Labute approximate surface area is 188 Å². The van der Waals surface area contributed by atoms with E-state index < -0.39 is 31.4 Å². The summed E-state index contributed by atoms with van der Waals surface area (Å²) in [6, 6.07) is 12.4. The smallest absolute Gasteiger partial charge is 0.261 e. The number of sulfonamides is 2. The second-order valence-electron chi connectivity index (χ2n) is 8.43. The Bertz CT molecular complexity index is 1230. The Morgan fingerprint density at radius 3 is 2.22 bits per heavy atom. The molecule has 2 aromatic carbocycles. The highest BCUT2D eigenvalue weighted by Crippen LogP contribution is 2.36. The summed E-state index contributed by atoms with van der Waals surface area (Å²) < 4.78 is 59.7. The monoisotopic (exact) mass is 479 g/mol. The molecule has 32 heavy (non-hydrogen) atoms. The lowest BCUT2D eigenvalue weighted by Gasteiger charge is -2.30. The van der Waals surface area contributed by atoms with Crippen LogP contribution in [0, 0.1) is 5.41 Å². The van der Waals surface area contributed by atoms with Crippen LogP contribution < -0.4 is 13.9 Å². The zero-order valence-electron chi connectivity index (χ0n) is 17.8. The van der Waals surface area contributed by atoms with Gasteiger partial charge in [0.1, 0.15) is 0 Å². The molecule has 2 aliphatic heterocycles. The van der Waals surface area contributed by atoms with Crippen molar-refractivity contribution < 1.29 is 26.4 Å². The molecule has 9 nitrogen and oxygen atoms in total. The predicted octanol–water partition coefficient (Wildman–Crippen LogP) is 2.03. The predicted molar refractivity (Wildman–Crippen MR) is 122 cm³/mol. The van der Waals surface area contributed by atoms with Gasteiger partial charge in [0, 0.05) is 13.1 Å². The molecule has 0 atom stereocenters. The summed E-state index contributed by atoms with van der Waals surface area (Å²) in [5.41, 5.74) is 0.284. The molecular weight excluding hydrogens is 454 g/mol. The number of hydrogen-bond donors (Lipinski definition) is 1. The lowest BCUT2D eigenvalue weighted by molar-refractivity contribution is -0.123. The molecule has 0 aliphatic carbocycles. The van der Waals surface area contributed by atoms with E-state index in [1.54, 1.807) is 26.0 Å². The molecule has 2 heterocycles. The van der Waals surface area contributed by atoms with Crippen LogP contribution in [0.15, 0.2) is 53.4 Å². The first-order valence-electron chi connectivity index (χ1n) is 10.1. The second kappa shape index (κ2) is 8.05. The summed E-state index contributed by atoms with van der Waals surface area (Å²) in [5.74, 6) is -0.829. The van der Waals surface area contributed by atoms with Gasteiger partial charge >= 0.3 is 0 Å². The Morgan fingerprint density at radius 1 is 1.00 bits per heavy atom. The number of morpholine rings is 1. The SMILES string of the molecule is CC1(C)CS(=O)(=O)N(c2ccc(S(=O)(=O)Nc3ccccc3N3CCOCC3)cc2)C1=O. The first kappa shape index (κ1) is 22.6. The van der Waals surface area contributed by atoms with Crippen molar-refractivity contribution in [2.45, 2.75) is 18.7 Å². The summed E-state index contributed by atoms with van der Waals surface area (Å²) >= 11 is 0. The molecule has 2 aliphatic rings.